The molecule has 1 saturated heterocycles. The molecule has 0 aliphatic carbocycles. The minimum atomic E-state index is -0.804. The zero-order valence-electron chi connectivity index (χ0n) is 39.0. The topological polar surface area (TPSA) is 155 Å². The molecule has 364 valence electrons. The Morgan fingerprint density at radius 3 is 1.60 bits per heavy atom. The second-order valence-corrected chi connectivity index (χ2v) is 52.3. The summed E-state index contributed by atoms with van der Waals surface area (Å²) in [4.78, 5) is 71.3. The number of likely N-dealkylation sites (tertiary alicyclic amines) is 1. The second kappa shape index (κ2) is 29.4. The van der Waals surface area contributed by atoms with E-state index in [4.69, 9.17) is 18.9 Å². The van der Waals surface area contributed by atoms with Gasteiger partial charge in [0.2, 0.25) is 5.91 Å². The van der Waals surface area contributed by atoms with Crippen LogP contribution in [0.4, 0.5) is 18.4 Å². The van der Waals surface area contributed by atoms with Gasteiger partial charge in [0.1, 0.15) is 53.6 Å². The Bertz CT molecular complexity index is 2250. The number of rotatable bonds is 13. The molecule has 0 spiro atoms. The maximum atomic E-state index is 13.6. The molecule has 1 aliphatic heterocycles. The van der Waals surface area contributed by atoms with Gasteiger partial charge >= 0.3 is 77.0 Å². The van der Waals surface area contributed by atoms with Gasteiger partial charge in [-0.25, -0.2) is 23.3 Å². The van der Waals surface area contributed by atoms with E-state index >= 15 is 0 Å². The fourth-order valence-electron chi connectivity index (χ4n) is 5.78. The van der Waals surface area contributed by atoms with Gasteiger partial charge in [-0.15, -0.1) is 0 Å². The predicted molar refractivity (Wildman–Crippen MR) is 275 cm³/mol. The molecule has 1 N–H and O–H groups in total. The van der Waals surface area contributed by atoms with Gasteiger partial charge in [0.15, 0.2) is 17.3 Å². The van der Waals surface area contributed by atoms with Crippen molar-refractivity contribution in [3.05, 3.63) is 131 Å². The van der Waals surface area contributed by atoms with E-state index in [2.05, 4.69) is 65.3 Å². The van der Waals surface area contributed by atoms with Gasteiger partial charge in [-0.05, 0) is 124 Å². The molecule has 18 heteroatoms. The summed E-state index contributed by atoms with van der Waals surface area (Å²) in [6, 6.07) is 25.7. The summed E-state index contributed by atoms with van der Waals surface area (Å²) in [6.45, 7) is 15.4. The number of benzene rings is 4. The third-order valence-electron chi connectivity index (χ3n) is 9.01. The van der Waals surface area contributed by atoms with Crippen molar-refractivity contribution in [3.8, 4) is 11.5 Å². The number of alkyl carbamates (subject to hydrolysis) is 1. The Morgan fingerprint density at radius 2 is 1.18 bits per heavy atom. The molecule has 67 heavy (non-hydrogen) atoms. The van der Waals surface area contributed by atoms with Crippen molar-refractivity contribution in [1.82, 2.24) is 10.2 Å². The summed E-state index contributed by atoms with van der Waals surface area (Å²) in [6.07, 6.45) is -0.558. The van der Waals surface area contributed by atoms with Crippen LogP contribution in [-0.4, -0.2) is 63.6 Å². The van der Waals surface area contributed by atoms with Crippen molar-refractivity contribution in [2.75, 3.05) is 0 Å². The van der Waals surface area contributed by atoms with Crippen molar-refractivity contribution in [2.24, 2.45) is 0 Å². The Balaban J connectivity index is 0.000000359. The van der Waals surface area contributed by atoms with E-state index < -0.39 is 35.5 Å². The number of amides is 3. The maximum absolute atomic E-state index is 13.6. The van der Waals surface area contributed by atoms with Crippen LogP contribution in [-0.2, 0) is 42.0 Å². The zero-order valence-corrected chi connectivity index (χ0v) is 46.9. The van der Waals surface area contributed by atoms with Gasteiger partial charge in [-0.1, -0.05) is 54.1 Å². The Morgan fingerprint density at radius 1 is 0.731 bits per heavy atom. The van der Waals surface area contributed by atoms with Crippen LogP contribution in [0.3, 0.4) is 0 Å². The number of carbonyl (C=O) groups is 6. The van der Waals surface area contributed by atoms with Crippen LogP contribution in [0.5, 0.6) is 11.5 Å². The van der Waals surface area contributed by atoms with Crippen molar-refractivity contribution in [1.29, 1.82) is 0 Å². The molecule has 4 aromatic rings. The molecule has 4 aromatic carbocycles. The van der Waals surface area contributed by atoms with Gasteiger partial charge < -0.3 is 24.3 Å². The van der Waals surface area contributed by atoms with Crippen molar-refractivity contribution >= 4 is 95.4 Å². The van der Waals surface area contributed by atoms with Crippen molar-refractivity contribution in [3.63, 3.8) is 0 Å². The molecule has 12 nitrogen and oxygen atoms in total. The first-order valence-corrected chi connectivity index (χ1v) is 34.5. The zero-order chi connectivity index (χ0) is 50.5. The first-order valence-electron chi connectivity index (χ1n) is 21.0. The van der Waals surface area contributed by atoms with E-state index in [-0.39, 0.29) is 72.3 Å². The summed E-state index contributed by atoms with van der Waals surface area (Å²) in [5.74, 6) is -0.245. The second-order valence-electron chi connectivity index (χ2n) is 17.0. The molecule has 3 amide bonds. The van der Waals surface area contributed by atoms with Crippen LogP contribution >= 0.6 is 59.9 Å². The monoisotopic (exact) mass is 1300 g/mol. The molecule has 1 heterocycles. The van der Waals surface area contributed by atoms with Crippen LogP contribution in [0.2, 0.25) is 0 Å². The number of hydrogen-bond acceptors (Lipinski definition) is 10. The molecule has 0 aromatic heterocycles. The fourth-order valence-corrected chi connectivity index (χ4v) is 5.78. The molecule has 1 aliphatic rings. The number of Topliss-reactive ketones (excluding diaryl/α,β-unsaturated/α-hetero) is 3. The van der Waals surface area contributed by atoms with Crippen LogP contribution in [0.1, 0.15) is 108 Å². The first kappa shape index (κ1) is 59.5. The number of ketones is 3. The number of hydrogen-bond donors (Lipinski definition) is 1. The molecule has 0 unspecified atom stereocenters. The minimum absolute atomic E-state index is 0.0788. The molecular weight excluding hydrogens is 1250 g/mol. The van der Waals surface area contributed by atoms with E-state index in [0.29, 0.717) is 28.9 Å². The summed E-state index contributed by atoms with van der Waals surface area (Å²) in [5.41, 5.74) is 1.30. The van der Waals surface area contributed by atoms with Crippen molar-refractivity contribution < 1.29 is 61.4 Å². The number of halogens is 5. The summed E-state index contributed by atoms with van der Waals surface area (Å²) < 4.78 is 48.2. The Labute approximate surface area is 430 Å². The molecular formula is C49H58F2I3N2O10V. The fraction of sp³-hybridized carbons (Fsp3) is 0.388. The van der Waals surface area contributed by atoms with Gasteiger partial charge in [0, 0.05) is 29.5 Å². The van der Waals surface area contributed by atoms with E-state index in [0.717, 1.165) is 10.6 Å². The third-order valence-corrected chi connectivity index (χ3v) is 9.01. The average Bonchev–Trinajstić information content (AvgIpc) is 3.63. The van der Waals surface area contributed by atoms with Gasteiger partial charge in [-0.2, -0.15) is 0 Å². The third kappa shape index (κ3) is 24.5. The molecule has 0 saturated carbocycles. The number of ether oxygens (including phenoxy) is 4. The predicted octanol–water partition coefficient (Wildman–Crippen LogP) is 12.7. The Kier molecular flexibility index (Phi) is 26.1. The van der Waals surface area contributed by atoms with Crippen LogP contribution in [0, 0.1) is 18.6 Å². The first-order chi connectivity index (χ1) is 31.3. The number of imide groups is 1. The van der Waals surface area contributed by atoms with Crippen molar-refractivity contribution in [2.45, 2.75) is 124 Å². The summed E-state index contributed by atoms with van der Waals surface area (Å²) in [5, 5.41) is 2.51. The quantitative estimate of drug-likeness (QED) is 0.101. The van der Waals surface area contributed by atoms with E-state index in [1.165, 1.54) is 31.5 Å². The SMILES string of the molecule is CC(=O)[C@@H]1CCC(=O)N1C(=O)OC(C)(C)C.CC(=O)[C@H](CCC(=O)c1ccc(OCc2ccccc2F)cc1)NC(=O)OC(C)(C)C.Cc1ccc(OCc2ccccc2F)cc1.[I][V]([I])[I]. The number of nitrogens with one attached hydrogen (secondary N) is 1. The molecule has 0 radical (unpaired) electrons. The summed E-state index contributed by atoms with van der Waals surface area (Å²) in [7, 11) is 0. The number of carbonyl (C=O) groups excluding carboxylic acids is 6. The van der Waals surface area contributed by atoms with Gasteiger partial charge in [0.05, 0.1) is 6.04 Å². The average molecular weight is 1300 g/mol. The molecule has 2 atom stereocenters. The van der Waals surface area contributed by atoms with Gasteiger partial charge in [0.25, 0.3) is 0 Å². The van der Waals surface area contributed by atoms with E-state index in [1.807, 2.05) is 31.2 Å². The van der Waals surface area contributed by atoms with Crippen LogP contribution in [0.15, 0.2) is 97.1 Å². The van der Waals surface area contributed by atoms with Crippen LogP contribution in [0.25, 0.3) is 0 Å². The standard InChI is InChI=1S/C24H28FNO5.C14H13FO.C11H17NO4.3HI.V/c1-16(27)21(26-23(29)31-24(2,3)4)13-14-22(28)17-9-11-19(12-10-17)30-15-18-7-5-6-8-20(18)25;1-11-6-8-13(9-7-11)16-10-12-4-2-3-5-14(12)15;1-7(13)8-5-6-9(14)12(8)10(15)16-11(2,3)4;;;;/h5-12,21H,13-15H2,1-4H3,(H,26,29);2-9H,10H2,1H3;8H,5-6H2,1-4H3;3*1H;/q;;;;;;+3/p-3/t21-;;8-;;;;/m0.0..../s1. The number of aryl methyl sites for hydroxylation is 1. The normalized spacial score (nSPS) is 13.6. The van der Waals surface area contributed by atoms with Crippen LogP contribution < -0.4 is 14.8 Å². The summed E-state index contributed by atoms with van der Waals surface area (Å²) >= 11 is 7.39. The molecule has 5 rings (SSSR count). The van der Waals surface area contributed by atoms with Gasteiger partial charge in [-0.3, -0.25) is 19.2 Å². The number of nitrogens with zero attached hydrogens (tertiary/aromatic N) is 1. The van der Waals surface area contributed by atoms with E-state index in [9.17, 15) is 37.5 Å². The molecule has 0 bridgehead atoms. The van der Waals surface area contributed by atoms with E-state index in [1.54, 1.807) is 102 Å². The molecule has 1 fully saturated rings. The Hall–Kier alpha value is -3.67.